The average Bonchev–Trinajstić information content (AvgIpc) is 2.88. The minimum atomic E-state index is -0.545. The fraction of sp³-hybridized carbons (Fsp3) is 0.462. The van der Waals surface area contributed by atoms with Crippen molar-refractivity contribution < 1.29 is 9.18 Å². The molecule has 1 aliphatic carbocycles. The highest BCUT2D eigenvalue weighted by Gasteiger charge is 2.39. The number of fused-ring (bicyclic) bond motifs is 3. The molecule has 0 amide bonds. The van der Waals surface area contributed by atoms with Gasteiger partial charge in [-0.05, 0) is 13.5 Å². The van der Waals surface area contributed by atoms with Crippen molar-refractivity contribution in [2.75, 3.05) is 7.05 Å². The van der Waals surface area contributed by atoms with Crippen molar-refractivity contribution in [3.05, 3.63) is 29.5 Å². The molecule has 2 N–H and O–H groups in total. The quantitative estimate of drug-likeness (QED) is 0.790. The Morgan fingerprint density at radius 3 is 2.84 bits per heavy atom. The molecule has 102 valence electrons. The number of rotatable bonds is 1. The maximum absolute atomic E-state index is 13.2. The SMILES string of the molecule is CC1(C)CC(C=O)c2cnc3cc(F)nn3c21.CN. The van der Waals surface area contributed by atoms with Crippen LogP contribution in [-0.4, -0.2) is 27.9 Å². The van der Waals surface area contributed by atoms with Crippen molar-refractivity contribution in [1.29, 1.82) is 0 Å². The number of hydrogen-bond donors (Lipinski definition) is 1. The lowest BCUT2D eigenvalue weighted by atomic mass is 9.89. The van der Waals surface area contributed by atoms with Gasteiger partial charge in [-0.25, -0.2) is 9.50 Å². The number of aldehydes is 1. The highest BCUT2D eigenvalue weighted by atomic mass is 19.1. The average molecular weight is 264 g/mol. The lowest BCUT2D eigenvalue weighted by molar-refractivity contribution is -0.109. The van der Waals surface area contributed by atoms with Crippen LogP contribution in [0.1, 0.15) is 37.4 Å². The van der Waals surface area contributed by atoms with Crippen molar-refractivity contribution in [3.63, 3.8) is 0 Å². The van der Waals surface area contributed by atoms with Crippen LogP contribution in [0.5, 0.6) is 0 Å². The van der Waals surface area contributed by atoms with Gasteiger partial charge in [0.25, 0.3) is 0 Å². The Bertz CT molecular complexity index is 620. The van der Waals surface area contributed by atoms with Gasteiger partial charge in [-0.3, -0.25) is 0 Å². The molecule has 0 saturated carbocycles. The molecule has 0 fully saturated rings. The van der Waals surface area contributed by atoms with Crippen molar-refractivity contribution >= 4 is 11.9 Å². The van der Waals surface area contributed by atoms with Crippen molar-refractivity contribution in [3.8, 4) is 0 Å². The van der Waals surface area contributed by atoms with Gasteiger partial charge in [0.15, 0.2) is 5.65 Å². The molecule has 5 nitrogen and oxygen atoms in total. The van der Waals surface area contributed by atoms with Crippen molar-refractivity contribution in [1.82, 2.24) is 14.6 Å². The summed E-state index contributed by atoms with van der Waals surface area (Å²) in [4.78, 5) is 15.2. The van der Waals surface area contributed by atoms with Crippen LogP contribution >= 0.6 is 0 Å². The van der Waals surface area contributed by atoms with E-state index in [2.05, 4.69) is 15.8 Å². The van der Waals surface area contributed by atoms with E-state index in [1.165, 1.54) is 17.6 Å². The number of hydrogen-bond acceptors (Lipinski definition) is 4. The van der Waals surface area contributed by atoms with Gasteiger partial charge in [0.2, 0.25) is 5.95 Å². The molecule has 3 rings (SSSR count). The monoisotopic (exact) mass is 264 g/mol. The zero-order valence-electron chi connectivity index (χ0n) is 11.2. The van der Waals surface area contributed by atoms with Crippen LogP contribution in [0.15, 0.2) is 12.3 Å². The Balaban J connectivity index is 0.000000637. The summed E-state index contributed by atoms with van der Waals surface area (Å²) in [5.41, 5.74) is 6.55. The normalized spacial score (nSPS) is 19.7. The molecule has 0 saturated heterocycles. The van der Waals surface area contributed by atoms with Crippen LogP contribution < -0.4 is 5.73 Å². The topological polar surface area (TPSA) is 73.3 Å². The molecule has 2 heterocycles. The van der Waals surface area contributed by atoms with E-state index in [0.29, 0.717) is 12.1 Å². The molecule has 1 atom stereocenters. The first-order chi connectivity index (χ1) is 9.03. The van der Waals surface area contributed by atoms with E-state index in [9.17, 15) is 9.18 Å². The molecule has 0 aliphatic heterocycles. The molecule has 0 spiro atoms. The number of carbonyl (C=O) groups is 1. The first-order valence-electron chi connectivity index (χ1n) is 6.10. The number of nitrogens with two attached hydrogens (primary N) is 1. The summed E-state index contributed by atoms with van der Waals surface area (Å²) in [5, 5.41) is 3.82. The molecular formula is C13H17FN4O. The molecule has 2 aromatic heterocycles. The summed E-state index contributed by atoms with van der Waals surface area (Å²) in [6, 6.07) is 1.30. The maximum Gasteiger partial charge on any atom is 0.235 e. The maximum atomic E-state index is 13.2. The molecule has 0 aromatic carbocycles. The zero-order chi connectivity index (χ0) is 14.2. The largest absolute Gasteiger partial charge is 0.333 e. The second-order valence-corrected chi connectivity index (χ2v) is 5.13. The van der Waals surface area contributed by atoms with E-state index in [-0.39, 0.29) is 11.3 Å². The van der Waals surface area contributed by atoms with Crippen molar-refractivity contribution in [2.24, 2.45) is 5.73 Å². The second-order valence-electron chi connectivity index (χ2n) is 5.13. The number of carbonyl (C=O) groups excluding carboxylic acids is 1. The van der Waals surface area contributed by atoms with Gasteiger partial charge >= 0.3 is 0 Å². The summed E-state index contributed by atoms with van der Waals surface area (Å²) in [7, 11) is 1.50. The molecular weight excluding hydrogens is 247 g/mol. The Kier molecular flexibility index (Phi) is 3.36. The summed E-state index contributed by atoms with van der Waals surface area (Å²) in [5.74, 6) is -0.708. The van der Waals surface area contributed by atoms with Crippen LogP contribution in [0.25, 0.3) is 5.65 Å². The summed E-state index contributed by atoms with van der Waals surface area (Å²) >= 11 is 0. The molecule has 0 radical (unpaired) electrons. The molecule has 6 heteroatoms. The Labute approximate surface area is 110 Å². The van der Waals surface area contributed by atoms with E-state index in [1.54, 1.807) is 6.20 Å². The van der Waals surface area contributed by atoms with E-state index in [4.69, 9.17) is 0 Å². The number of halogens is 1. The van der Waals surface area contributed by atoms with Gasteiger partial charge in [-0.15, -0.1) is 5.10 Å². The van der Waals surface area contributed by atoms with Gasteiger partial charge in [0, 0.05) is 29.2 Å². The van der Waals surface area contributed by atoms with Gasteiger partial charge in [-0.2, -0.15) is 4.39 Å². The third kappa shape index (κ3) is 2.02. The third-order valence-electron chi connectivity index (χ3n) is 3.42. The summed E-state index contributed by atoms with van der Waals surface area (Å²) in [6.07, 6.45) is 3.31. The first-order valence-corrected chi connectivity index (χ1v) is 6.10. The minimum absolute atomic E-state index is 0.163. The smallest absolute Gasteiger partial charge is 0.235 e. The fourth-order valence-corrected chi connectivity index (χ4v) is 2.75. The van der Waals surface area contributed by atoms with Crippen LogP contribution in [0, 0.1) is 5.95 Å². The zero-order valence-corrected chi connectivity index (χ0v) is 11.2. The summed E-state index contributed by atoms with van der Waals surface area (Å²) in [6.45, 7) is 4.07. The fourth-order valence-electron chi connectivity index (χ4n) is 2.75. The van der Waals surface area contributed by atoms with Gasteiger partial charge < -0.3 is 10.5 Å². The Hall–Kier alpha value is -1.82. The van der Waals surface area contributed by atoms with Crippen LogP contribution in [0.3, 0.4) is 0 Å². The van der Waals surface area contributed by atoms with Gasteiger partial charge in [0.05, 0.1) is 5.69 Å². The molecule has 19 heavy (non-hydrogen) atoms. The third-order valence-corrected chi connectivity index (χ3v) is 3.42. The van der Waals surface area contributed by atoms with Crippen LogP contribution in [-0.2, 0) is 10.2 Å². The number of nitrogens with zero attached hydrogens (tertiary/aromatic N) is 3. The van der Waals surface area contributed by atoms with E-state index in [0.717, 1.165) is 17.5 Å². The Morgan fingerprint density at radius 1 is 1.53 bits per heavy atom. The van der Waals surface area contributed by atoms with Crippen molar-refractivity contribution in [2.45, 2.75) is 31.6 Å². The van der Waals surface area contributed by atoms with Crippen LogP contribution in [0.4, 0.5) is 4.39 Å². The predicted octanol–water partition coefficient (Wildman–Crippen LogP) is 1.41. The molecule has 1 unspecified atom stereocenters. The summed E-state index contributed by atoms with van der Waals surface area (Å²) < 4.78 is 14.7. The van der Waals surface area contributed by atoms with E-state index in [1.807, 2.05) is 13.8 Å². The second kappa shape index (κ2) is 4.70. The highest BCUT2D eigenvalue weighted by molar-refractivity contribution is 5.66. The predicted molar refractivity (Wildman–Crippen MR) is 69.5 cm³/mol. The minimum Gasteiger partial charge on any atom is -0.333 e. The van der Waals surface area contributed by atoms with Crippen LogP contribution in [0.2, 0.25) is 0 Å². The molecule has 2 aromatic rings. The number of aromatic nitrogens is 3. The van der Waals surface area contributed by atoms with E-state index >= 15 is 0 Å². The molecule has 1 aliphatic rings. The molecule has 0 bridgehead atoms. The lowest BCUT2D eigenvalue weighted by Crippen LogP contribution is -2.17. The van der Waals surface area contributed by atoms with Gasteiger partial charge in [-0.1, -0.05) is 13.8 Å². The van der Waals surface area contributed by atoms with E-state index < -0.39 is 5.95 Å². The highest BCUT2D eigenvalue weighted by Crippen LogP contribution is 2.44. The standard InChI is InChI=1S/C12H12FN3O.CH5N/c1-12(2)4-7(6-17)8-5-14-10-3-9(13)15-16(10)11(8)12;1-2/h3,5-7H,4H2,1-2H3;2H2,1H3. The lowest BCUT2D eigenvalue weighted by Gasteiger charge is -2.19. The first kappa shape index (κ1) is 13.6. The Morgan fingerprint density at radius 2 is 2.21 bits per heavy atom. The van der Waals surface area contributed by atoms with Gasteiger partial charge in [0.1, 0.15) is 6.29 Å².